The lowest BCUT2D eigenvalue weighted by molar-refractivity contribution is 0.0723. The van der Waals surface area contributed by atoms with Gasteiger partial charge >= 0.3 is 0 Å². The van der Waals surface area contributed by atoms with Crippen LogP contribution in [0.4, 0.5) is 0 Å². The van der Waals surface area contributed by atoms with Crippen LogP contribution in [0, 0.1) is 0 Å². The fourth-order valence-electron chi connectivity index (χ4n) is 1.48. The second kappa shape index (κ2) is 3.53. The zero-order chi connectivity index (χ0) is 9.31. The number of nitrogens with one attached hydrogen (secondary N) is 1. The number of morpholine rings is 1. The van der Waals surface area contributed by atoms with Crippen molar-refractivity contribution in [2.24, 2.45) is 0 Å². The van der Waals surface area contributed by atoms with Gasteiger partial charge in [0.1, 0.15) is 5.25 Å². The lowest BCUT2D eigenvalue weighted by atomic mass is 10.3. The highest BCUT2D eigenvalue weighted by Crippen LogP contribution is 2.14. The maximum absolute atomic E-state index is 11.8. The van der Waals surface area contributed by atoms with Crippen molar-refractivity contribution >= 4 is 10.0 Å². The predicted molar refractivity (Wildman–Crippen MR) is 48.0 cm³/mol. The highest BCUT2D eigenvalue weighted by molar-refractivity contribution is 7.89. The third-order valence-electron chi connectivity index (χ3n) is 2.50. The van der Waals surface area contributed by atoms with E-state index in [2.05, 4.69) is 5.32 Å². The Morgan fingerprint density at radius 1 is 1.23 bits per heavy atom. The molecule has 0 atom stereocenters. The molecule has 2 rings (SSSR count). The molecule has 0 aliphatic carbocycles. The molecular weight excluding hydrogens is 192 g/mol. The topological polar surface area (TPSA) is 58.6 Å². The Morgan fingerprint density at radius 2 is 1.85 bits per heavy atom. The molecule has 5 nitrogen and oxygen atoms in total. The summed E-state index contributed by atoms with van der Waals surface area (Å²) in [6.45, 7) is 3.27. The number of rotatable bonds is 2. The van der Waals surface area contributed by atoms with E-state index in [0.29, 0.717) is 39.4 Å². The predicted octanol–water partition coefficient (Wildman–Crippen LogP) is -1.38. The number of sulfonamides is 1. The lowest BCUT2D eigenvalue weighted by Gasteiger charge is -2.34. The highest BCUT2D eigenvalue weighted by Gasteiger charge is 2.36. The molecule has 0 radical (unpaired) electrons. The average molecular weight is 206 g/mol. The molecule has 2 fully saturated rings. The molecule has 76 valence electrons. The molecule has 2 saturated heterocycles. The molecule has 0 aromatic rings. The summed E-state index contributed by atoms with van der Waals surface area (Å²) in [6.07, 6.45) is 0. The molecular formula is C7H14N2O3S. The van der Waals surface area contributed by atoms with Gasteiger partial charge in [-0.15, -0.1) is 0 Å². The molecule has 0 unspecified atom stereocenters. The summed E-state index contributed by atoms with van der Waals surface area (Å²) in [5.74, 6) is 0. The van der Waals surface area contributed by atoms with Crippen molar-refractivity contribution in [1.82, 2.24) is 9.62 Å². The Labute approximate surface area is 78.1 Å². The summed E-state index contributed by atoms with van der Waals surface area (Å²) in [5, 5.41) is 2.77. The number of hydrogen-bond donors (Lipinski definition) is 1. The van der Waals surface area contributed by atoms with Gasteiger partial charge < -0.3 is 10.1 Å². The van der Waals surface area contributed by atoms with Crippen LogP contribution in [-0.2, 0) is 14.8 Å². The molecule has 0 aromatic carbocycles. The van der Waals surface area contributed by atoms with E-state index in [9.17, 15) is 8.42 Å². The summed E-state index contributed by atoms with van der Waals surface area (Å²) >= 11 is 0. The van der Waals surface area contributed by atoms with E-state index in [1.807, 2.05) is 0 Å². The average Bonchev–Trinajstić information content (AvgIpc) is 2.02. The van der Waals surface area contributed by atoms with E-state index in [1.165, 1.54) is 0 Å². The van der Waals surface area contributed by atoms with Crippen molar-refractivity contribution < 1.29 is 13.2 Å². The Kier molecular flexibility index (Phi) is 2.55. The van der Waals surface area contributed by atoms with E-state index >= 15 is 0 Å². The van der Waals surface area contributed by atoms with E-state index in [4.69, 9.17) is 4.74 Å². The zero-order valence-corrected chi connectivity index (χ0v) is 8.22. The highest BCUT2D eigenvalue weighted by atomic mass is 32.2. The Balaban J connectivity index is 2.03. The molecule has 6 heteroatoms. The molecule has 0 amide bonds. The number of nitrogens with zero attached hydrogens (tertiary/aromatic N) is 1. The first-order valence-electron chi connectivity index (χ1n) is 4.49. The summed E-state index contributed by atoms with van der Waals surface area (Å²) in [5.41, 5.74) is 0. The van der Waals surface area contributed by atoms with Crippen molar-refractivity contribution in [3.05, 3.63) is 0 Å². The first-order valence-corrected chi connectivity index (χ1v) is 5.99. The third kappa shape index (κ3) is 1.71. The van der Waals surface area contributed by atoms with Crippen LogP contribution in [0.2, 0.25) is 0 Å². The van der Waals surface area contributed by atoms with Crippen LogP contribution in [0.15, 0.2) is 0 Å². The van der Waals surface area contributed by atoms with Crippen LogP contribution in [-0.4, -0.2) is 57.4 Å². The van der Waals surface area contributed by atoms with Crippen LogP contribution < -0.4 is 5.32 Å². The van der Waals surface area contributed by atoms with Crippen molar-refractivity contribution in [3.63, 3.8) is 0 Å². The molecule has 0 saturated carbocycles. The molecule has 0 bridgehead atoms. The molecule has 0 aromatic heterocycles. The Bertz CT molecular complexity index is 267. The van der Waals surface area contributed by atoms with Crippen molar-refractivity contribution in [2.75, 3.05) is 39.4 Å². The largest absolute Gasteiger partial charge is 0.379 e. The van der Waals surface area contributed by atoms with Crippen LogP contribution in [0.25, 0.3) is 0 Å². The summed E-state index contributed by atoms with van der Waals surface area (Å²) in [4.78, 5) is 0. The number of hydrogen-bond acceptors (Lipinski definition) is 4. The molecule has 2 aliphatic rings. The first kappa shape index (κ1) is 9.39. The maximum Gasteiger partial charge on any atom is 0.219 e. The first-order chi connectivity index (χ1) is 6.21. The van der Waals surface area contributed by atoms with E-state index < -0.39 is 10.0 Å². The Hall–Kier alpha value is -0.170. The van der Waals surface area contributed by atoms with E-state index in [1.54, 1.807) is 4.31 Å². The van der Waals surface area contributed by atoms with Crippen LogP contribution >= 0.6 is 0 Å². The van der Waals surface area contributed by atoms with Gasteiger partial charge in [0, 0.05) is 26.2 Å². The number of ether oxygens (including phenoxy) is 1. The van der Waals surface area contributed by atoms with Gasteiger partial charge in [0.25, 0.3) is 0 Å². The normalized spacial score (nSPS) is 27.1. The molecule has 2 aliphatic heterocycles. The van der Waals surface area contributed by atoms with E-state index in [0.717, 1.165) is 0 Å². The molecule has 1 N–H and O–H groups in total. The van der Waals surface area contributed by atoms with Gasteiger partial charge in [-0.1, -0.05) is 0 Å². The summed E-state index contributed by atoms with van der Waals surface area (Å²) in [7, 11) is -3.03. The van der Waals surface area contributed by atoms with Gasteiger partial charge in [-0.05, 0) is 0 Å². The van der Waals surface area contributed by atoms with Gasteiger partial charge in [0.2, 0.25) is 10.0 Å². The van der Waals surface area contributed by atoms with E-state index in [-0.39, 0.29) is 5.25 Å². The monoisotopic (exact) mass is 206 g/mol. The molecule has 13 heavy (non-hydrogen) atoms. The Morgan fingerprint density at radius 3 is 2.31 bits per heavy atom. The SMILES string of the molecule is O=S(=O)(C1CNC1)N1CCOCC1. The third-order valence-corrected chi connectivity index (χ3v) is 4.76. The van der Waals surface area contributed by atoms with Gasteiger partial charge in [-0.3, -0.25) is 0 Å². The van der Waals surface area contributed by atoms with Crippen molar-refractivity contribution in [3.8, 4) is 0 Å². The van der Waals surface area contributed by atoms with Gasteiger partial charge in [-0.2, -0.15) is 4.31 Å². The summed E-state index contributed by atoms with van der Waals surface area (Å²) in [6, 6.07) is 0. The zero-order valence-electron chi connectivity index (χ0n) is 7.40. The summed E-state index contributed by atoms with van der Waals surface area (Å²) < 4.78 is 30.2. The quantitative estimate of drug-likeness (QED) is 0.605. The molecule has 0 spiro atoms. The van der Waals surface area contributed by atoms with Crippen molar-refractivity contribution in [1.29, 1.82) is 0 Å². The molecule has 2 heterocycles. The second-order valence-corrected chi connectivity index (χ2v) is 5.55. The van der Waals surface area contributed by atoms with Gasteiger partial charge in [0.15, 0.2) is 0 Å². The van der Waals surface area contributed by atoms with Gasteiger partial charge in [0.05, 0.1) is 13.2 Å². The van der Waals surface area contributed by atoms with Crippen LogP contribution in [0.3, 0.4) is 0 Å². The maximum atomic E-state index is 11.8. The van der Waals surface area contributed by atoms with Crippen LogP contribution in [0.1, 0.15) is 0 Å². The lowest BCUT2D eigenvalue weighted by Crippen LogP contribution is -2.57. The van der Waals surface area contributed by atoms with Crippen LogP contribution in [0.5, 0.6) is 0 Å². The smallest absolute Gasteiger partial charge is 0.219 e. The minimum absolute atomic E-state index is 0.203. The fraction of sp³-hybridized carbons (Fsp3) is 1.00. The second-order valence-electron chi connectivity index (χ2n) is 3.34. The minimum atomic E-state index is -3.03. The fourth-order valence-corrected chi connectivity index (χ4v) is 3.22. The van der Waals surface area contributed by atoms with Gasteiger partial charge in [-0.25, -0.2) is 8.42 Å². The minimum Gasteiger partial charge on any atom is -0.379 e. The standard InChI is InChI=1S/C7H14N2O3S/c10-13(11,7-5-8-6-7)9-1-3-12-4-2-9/h7-8H,1-6H2. The van der Waals surface area contributed by atoms with Crippen molar-refractivity contribution in [2.45, 2.75) is 5.25 Å².